The van der Waals surface area contributed by atoms with Crippen LogP contribution in [0.15, 0.2) is 34.8 Å². The van der Waals surface area contributed by atoms with Gasteiger partial charge in [-0.15, -0.1) is 0 Å². The monoisotopic (exact) mass is 453 g/mol. The molecule has 0 aliphatic carbocycles. The van der Waals surface area contributed by atoms with Crippen LogP contribution in [0.5, 0.6) is 0 Å². The molecule has 2 rings (SSSR count). The number of nitrogens with two attached hydrogens (primary N) is 1. The molecule has 0 saturated heterocycles. The minimum absolute atomic E-state index is 0.315. The van der Waals surface area contributed by atoms with Crippen molar-refractivity contribution >= 4 is 50.1 Å². The van der Waals surface area contributed by atoms with Gasteiger partial charge in [0.2, 0.25) is 0 Å². The average molecular weight is 455 g/mol. The zero-order valence-electron chi connectivity index (χ0n) is 10.1. The lowest BCUT2D eigenvalue weighted by Crippen LogP contribution is -2.14. The number of rotatable bonds is 2. The van der Waals surface area contributed by atoms with Gasteiger partial charge in [0.05, 0.1) is 6.04 Å². The van der Waals surface area contributed by atoms with Gasteiger partial charge in [-0.05, 0) is 76.5 Å². The number of hydrogen-bond donors (Lipinski definition) is 1. The first kappa shape index (κ1) is 15.2. The highest BCUT2D eigenvalue weighted by molar-refractivity contribution is 14.1. The van der Waals surface area contributed by atoms with Crippen molar-refractivity contribution in [1.82, 2.24) is 0 Å². The third kappa shape index (κ3) is 3.29. The minimum atomic E-state index is -0.379. The van der Waals surface area contributed by atoms with E-state index in [-0.39, 0.29) is 11.9 Å². The Bertz CT molecular complexity index is 633. The molecule has 1 atom stereocenters. The highest BCUT2D eigenvalue weighted by Crippen LogP contribution is 2.32. The van der Waals surface area contributed by atoms with Crippen molar-refractivity contribution in [1.29, 1.82) is 0 Å². The Morgan fingerprint density at radius 2 is 1.95 bits per heavy atom. The van der Waals surface area contributed by atoms with Crippen molar-refractivity contribution in [3.8, 4) is 0 Å². The average Bonchev–Trinajstić information content (AvgIpc) is 2.36. The molecule has 1 unspecified atom stereocenters. The third-order valence-corrected chi connectivity index (χ3v) is 4.71. The van der Waals surface area contributed by atoms with Crippen molar-refractivity contribution in [2.75, 3.05) is 0 Å². The number of benzene rings is 2. The molecule has 2 aromatic rings. The molecule has 0 spiro atoms. The van der Waals surface area contributed by atoms with Gasteiger partial charge in [-0.1, -0.05) is 27.5 Å². The lowest BCUT2D eigenvalue weighted by Gasteiger charge is -2.17. The highest BCUT2D eigenvalue weighted by Gasteiger charge is 2.17. The number of aryl methyl sites for hydroxylation is 1. The minimum Gasteiger partial charge on any atom is -0.320 e. The van der Waals surface area contributed by atoms with Crippen LogP contribution >= 0.6 is 50.1 Å². The first-order chi connectivity index (χ1) is 8.90. The van der Waals surface area contributed by atoms with Crippen molar-refractivity contribution in [3.63, 3.8) is 0 Å². The maximum Gasteiger partial charge on any atom is 0.127 e. The van der Waals surface area contributed by atoms with Crippen LogP contribution in [0.25, 0.3) is 0 Å². The van der Waals surface area contributed by atoms with Crippen LogP contribution in [0, 0.1) is 16.3 Å². The summed E-state index contributed by atoms with van der Waals surface area (Å²) in [4.78, 5) is 0. The Balaban J connectivity index is 2.52. The van der Waals surface area contributed by atoms with E-state index in [1.54, 1.807) is 13.0 Å². The van der Waals surface area contributed by atoms with E-state index in [2.05, 4.69) is 38.5 Å². The van der Waals surface area contributed by atoms with E-state index in [9.17, 15) is 4.39 Å². The van der Waals surface area contributed by atoms with E-state index in [4.69, 9.17) is 17.3 Å². The molecule has 0 aliphatic rings. The Kier molecular flexibility index (Phi) is 4.87. The van der Waals surface area contributed by atoms with Crippen LogP contribution in [0.2, 0.25) is 5.02 Å². The second kappa shape index (κ2) is 6.08. The Morgan fingerprint density at radius 3 is 2.63 bits per heavy atom. The zero-order valence-corrected chi connectivity index (χ0v) is 14.6. The van der Waals surface area contributed by atoms with Gasteiger partial charge >= 0.3 is 0 Å². The maximum absolute atomic E-state index is 13.4. The van der Waals surface area contributed by atoms with E-state index in [1.807, 2.05) is 18.2 Å². The molecular weight excluding hydrogens is 443 g/mol. The van der Waals surface area contributed by atoms with Gasteiger partial charge in [-0.25, -0.2) is 4.39 Å². The van der Waals surface area contributed by atoms with Crippen LogP contribution in [-0.2, 0) is 0 Å². The first-order valence-electron chi connectivity index (χ1n) is 5.56. The van der Waals surface area contributed by atoms with Crippen LogP contribution < -0.4 is 5.73 Å². The van der Waals surface area contributed by atoms with Crippen LogP contribution in [-0.4, -0.2) is 0 Å². The molecule has 0 saturated carbocycles. The van der Waals surface area contributed by atoms with Crippen molar-refractivity contribution < 1.29 is 4.39 Å². The van der Waals surface area contributed by atoms with E-state index in [1.165, 1.54) is 6.07 Å². The Morgan fingerprint density at radius 1 is 1.26 bits per heavy atom. The summed E-state index contributed by atoms with van der Waals surface area (Å²) in [5, 5.41) is 0.353. The third-order valence-electron chi connectivity index (χ3n) is 2.91. The molecule has 0 heterocycles. The summed E-state index contributed by atoms with van der Waals surface area (Å²) in [6, 6.07) is 8.54. The lowest BCUT2D eigenvalue weighted by molar-refractivity contribution is 0.617. The van der Waals surface area contributed by atoms with E-state index >= 15 is 0 Å². The number of halogens is 4. The van der Waals surface area contributed by atoms with E-state index in [0.29, 0.717) is 10.6 Å². The standard InChI is InChI=1S/C14H11BrClFIN/c1-7-4-9(11(16)6-12(7)17)14(19)10-5-8(15)2-3-13(10)18/h2-6,14H,19H2,1H3. The molecule has 0 aliphatic heterocycles. The molecule has 1 nitrogen and oxygen atoms in total. The fraction of sp³-hybridized carbons (Fsp3) is 0.143. The molecule has 0 amide bonds. The van der Waals surface area contributed by atoms with Gasteiger partial charge in [-0.3, -0.25) is 0 Å². The molecule has 2 N–H and O–H groups in total. The van der Waals surface area contributed by atoms with Gasteiger partial charge in [0, 0.05) is 13.1 Å². The highest BCUT2D eigenvalue weighted by atomic mass is 127. The lowest BCUT2D eigenvalue weighted by atomic mass is 9.98. The molecule has 5 heteroatoms. The van der Waals surface area contributed by atoms with Crippen LogP contribution in [0.4, 0.5) is 4.39 Å². The van der Waals surface area contributed by atoms with E-state index < -0.39 is 0 Å². The summed E-state index contributed by atoms with van der Waals surface area (Å²) >= 11 is 11.8. The summed E-state index contributed by atoms with van der Waals surface area (Å²) in [5.74, 6) is -0.315. The largest absolute Gasteiger partial charge is 0.320 e. The SMILES string of the molecule is Cc1cc(C(N)c2cc(Br)ccc2I)c(Cl)cc1F. The first-order valence-corrected chi connectivity index (χ1v) is 7.81. The van der Waals surface area contributed by atoms with Crippen LogP contribution in [0.1, 0.15) is 22.7 Å². The smallest absolute Gasteiger partial charge is 0.127 e. The molecule has 19 heavy (non-hydrogen) atoms. The van der Waals surface area contributed by atoms with Gasteiger partial charge in [-0.2, -0.15) is 0 Å². The van der Waals surface area contributed by atoms with Crippen molar-refractivity contribution in [2.24, 2.45) is 5.73 Å². The molecule has 0 fully saturated rings. The maximum atomic E-state index is 13.4. The van der Waals surface area contributed by atoms with Gasteiger partial charge in [0.1, 0.15) is 5.82 Å². The summed E-state index contributed by atoms with van der Waals surface area (Å²) in [6.45, 7) is 1.70. The summed E-state index contributed by atoms with van der Waals surface area (Å²) < 4.78 is 15.4. The molecule has 0 bridgehead atoms. The fourth-order valence-corrected chi connectivity index (χ4v) is 3.16. The normalized spacial score (nSPS) is 12.5. The van der Waals surface area contributed by atoms with E-state index in [0.717, 1.165) is 19.2 Å². The van der Waals surface area contributed by atoms with Gasteiger partial charge < -0.3 is 5.73 Å². The quantitative estimate of drug-likeness (QED) is 0.620. The predicted molar refractivity (Wildman–Crippen MR) is 89.0 cm³/mol. The Labute approximate surface area is 138 Å². The summed E-state index contributed by atoms with van der Waals surface area (Å²) in [5.41, 5.74) is 8.51. The molecular formula is C14H11BrClFIN. The predicted octanol–water partition coefficient (Wildman–Crippen LogP) is 5.20. The second-order valence-corrected chi connectivity index (χ2v) is 6.75. The topological polar surface area (TPSA) is 26.0 Å². The molecule has 0 aromatic heterocycles. The zero-order chi connectivity index (χ0) is 14.2. The fourth-order valence-electron chi connectivity index (χ4n) is 1.84. The number of hydrogen-bond acceptors (Lipinski definition) is 1. The summed E-state index contributed by atoms with van der Waals surface area (Å²) in [6.07, 6.45) is 0. The molecule has 100 valence electrons. The van der Waals surface area contributed by atoms with Crippen molar-refractivity contribution in [2.45, 2.75) is 13.0 Å². The van der Waals surface area contributed by atoms with Crippen LogP contribution in [0.3, 0.4) is 0 Å². The Hall–Kier alpha value is -0.170. The summed E-state index contributed by atoms with van der Waals surface area (Å²) in [7, 11) is 0. The molecule has 2 aromatic carbocycles. The van der Waals surface area contributed by atoms with Gasteiger partial charge in [0.25, 0.3) is 0 Å². The van der Waals surface area contributed by atoms with Gasteiger partial charge in [0.15, 0.2) is 0 Å². The second-order valence-electron chi connectivity index (χ2n) is 4.27. The van der Waals surface area contributed by atoms with Crippen molar-refractivity contribution in [3.05, 3.63) is 65.9 Å². The molecule has 0 radical (unpaired) electrons.